The summed E-state index contributed by atoms with van der Waals surface area (Å²) >= 11 is 0. The highest BCUT2D eigenvalue weighted by atomic mass is 16.4. The highest BCUT2D eigenvalue weighted by Crippen LogP contribution is 2.18. The lowest BCUT2D eigenvalue weighted by Gasteiger charge is -2.32. The summed E-state index contributed by atoms with van der Waals surface area (Å²) in [4.78, 5) is 21.5. The quantitative estimate of drug-likeness (QED) is 0.821. The van der Waals surface area contributed by atoms with E-state index >= 15 is 0 Å². The summed E-state index contributed by atoms with van der Waals surface area (Å²) < 4.78 is 0. The van der Waals surface area contributed by atoms with E-state index in [0.717, 1.165) is 19.4 Å². The average Bonchev–Trinajstić information content (AvgIpc) is 2.38. The van der Waals surface area contributed by atoms with Gasteiger partial charge in [0.05, 0.1) is 0 Å². The molecule has 0 unspecified atom stereocenters. The fourth-order valence-electron chi connectivity index (χ4n) is 2.12. The molecule has 5 heteroatoms. The van der Waals surface area contributed by atoms with E-state index in [1.54, 1.807) is 0 Å². The van der Waals surface area contributed by atoms with Crippen LogP contribution in [0.3, 0.4) is 0 Å². The maximum Gasteiger partial charge on any atom is 0.354 e. The van der Waals surface area contributed by atoms with Crippen molar-refractivity contribution in [2.45, 2.75) is 46.6 Å². The lowest BCUT2D eigenvalue weighted by molar-refractivity contribution is 0.0690. The Morgan fingerprint density at radius 2 is 2.00 bits per heavy atom. The van der Waals surface area contributed by atoms with E-state index in [2.05, 4.69) is 42.6 Å². The topological polar surface area (TPSA) is 66.3 Å². The Morgan fingerprint density at radius 3 is 2.47 bits per heavy atom. The molecule has 0 atom stereocenters. The van der Waals surface area contributed by atoms with Gasteiger partial charge in [0.15, 0.2) is 5.69 Å². The Bertz CT molecular complexity index is 417. The summed E-state index contributed by atoms with van der Waals surface area (Å²) in [6.07, 6.45) is 3.50. The summed E-state index contributed by atoms with van der Waals surface area (Å²) in [5.41, 5.74) is 0.0460. The van der Waals surface area contributed by atoms with E-state index in [1.165, 1.54) is 12.3 Å². The fraction of sp³-hybridized carbons (Fsp3) is 0.643. The van der Waals surface area contributed by atoms with Gasteiger partial charge in [-0.3, -0.25) is 0 Å². The van der Waals surface area contributed by atoms with Crippen molar-refractivity contribution in [1.82, 2.24) is 9.97 Å². The van der Waals surface area contributed by atoms with E-state index in [9.17, 15) is 4.79 Å². The number of aromatic nitrogens is 2. The minimum Gasteiger partial charge on any atom is -0.477 e. The first-order valence-electron chi connectivity index (χ1n) is 6.82. The highest BCUT2D eigenvalue weighted by Gasteiger charge is 2.20. The van der Waals surface area contributed by atoms with Crippen molar-refractivity contribution in [2.24, 2.45) is 5.92 Å². The monoisotopic (exact) mass is 265 g/mol. The lowest BCUT2D eigenvalue weighted by atomic mass is 10.1. The van der Waals surface area contributed by atoms with Crippen LogP contribution in [0.4, 0.5) is 5.95 Å². The van der Waals surface area contributed by atoms with Crippen LogP contribution in [0.15, 0.2) is 12.3 Å². The zero-order valence-corrected chi connectivity index (χ0v) is 12.1. The van der Waals surface area contributed by atoms with Gasteiger partial charge in [0, 0.05) is 18.8 Å². The van der Waals surface area contributed by atoms with E-state index < -0.39 is 5.97 Å². The summed E-state index contributed by atoms with van der Waals surface area (Å²) in [6, 6.07) is 1.76. The molecule has 0 saturated heterocycles. The summed E-state index contributed by atoms with van der Waals surface area (Å²) in [5, 5.41) is 9.02. The van der Waals surface area contributed by atoms with Crippen molar-refractivity contribution in [2.75, 3.05) is 11.4 Å². The number of anilines is 1. The zero-order chi connectivity index (χ0) is 14.4. The SMILES string of the molecule is CCC(CC)N(CC(C)C)c1nccc(C(=O)O)n1. The van der Waals surface area contributed by atoms with Gasteiger partial charge in [-0.15, -0.1) is 0 Å². The number of rotatable bonds is 7. The summed E-state index contributed by atoms with van der Waals surface area (Å²) in [6.45, 7) is 9.35. The average molecular weight is 265 g/mol. The molecule has 1 rings (SSSR count). The molecule has 0 saturated carbocycles. The van der Waals surface area contributed by atoms with E-state index in [4.69, 9.17) is 5.11 Å². The highest BCUT2D eigenvalue weighted by molar-refractivity contribution is 5.85. The minimum atomic E-state index is -1.02. The molecule has 0 spiro atoms. The van der Waals surface area contributed by atoms with Crippen LogP contribution in [-0.2, 0) is 0 Å². The largest absolute Gasteiger partial charge is 0.477 e. The lowest BCUT2D eigenvalue weighted by Crippen LogP contribution is -2.38. The van der Waals surface area contributed by atoms with E-state index in [1.807, 2.05) is 0 Å². The normalized spacial score (nSPS) is 11.1. The predicted octanol–water partition coefficient (Wildman–Crippen LogP) is 2.83. The second-order valence-electron chi connectivity index (χ2n) is 5.06. The molecular formula is C14H23N3O2. The third kappa shape index (κ3) is 4.19. The van der Waals surface area contributed by atoms with Crippen molar-refractivity contribution in [3.05, 3.63) is 18.0 Å². The number of hydrogen-bond acceptors (Lipinski definition) is 4. The van der Waals surface area contributed by atoms with Crippen LogP contribution < -0.4 is 4.90 Å². The predicted molar refractivity (Wildman–Crippen MR) is 75.5 cm³/mol. The van der Waals surface area contributed by atoms with Crippen molar-refractivity contribution >= 4 is 11.9 Å². The molecule has 0 fully saturated rings. The van der Waals surface area contributed by atoms with Gasteiger partial charge in [0.2, 0.25) is 5.95 Å². The molecular weight excluding hydrogens is 242 g/mol. The Balaban J connectivity index is 3.08. The van der Waals surface area contributed by atoms with Gasteiger partial charge in [-0.25, -0.2) is 14.8 Å². The van der Waals surface area contributed by atoms with Crippen LogP contribution in [0.25, 0.3) is 0 Å². The molecule has 0 aliphatic carbocycles. The first kappa shape index (κ1) is 15.4. The molecule has 0 aromatic carbocycles. The first-order chi connectivity index (χ1) is 8.99. The van der Waals surface area contributed by atoms with Gasteiger partial charge in [-0.05, 0) is 24.8 Å². The molecule has 0 bridgehead atoms. The Labute approximate surface area is 114 Å². The van der Waals surface area contributed by atoms with Crippen LogP contribution in [0, 0.1) is 5.92 Å². The van der Waals surface area contributed by atoms with Crippen LogP contribution >= 0.6 is 0 Å². The van der Waals surface area contributed by atoms with Crippen LogP contribution in [0.5, 0.6) is 0 Å². The zero-order valence-electron chi connectivity index (χ0n) is 12.1. The molecule has 1 aromatic heterocycles. The maximum atomic E-state index is 11.0. The second kappa shape index (κ2) is 7.07. The molecule has 0 amide bonds. The molecule has 0 radical (unpaired) electrons. The fourth-order valence-corrected chi connectivity index (χ4v) is 2.12. The van der Waals surface area contributed by atoms with Crippen molar-refractivity contribution < 1.29 is 9.90 Å². The van der Waals surface area contributed by atoms with Crippen LogP contribution in [0.2, 0.25) is 0 Å². The smallest absolute Gasteiger partial charge is 0.354 e. The molecule has 19 heavy (non-hydrogen) atoms. The Hall–Kier alpha value is -1.65. The summed E-state index contributed by atoms with van der Waals surface area (Å²) in [7, 11) is 0. The maximum absolute atomic E-state index is 11.0. The van der Waals surface area contributed by atoms with E-state index in [-0.39, 0.29) is 5.69 Å². The van der Waals surface area contributed by atoms with Crippen molar-refractivity contribution in [3.8, 4) is 0 Å². The van der Waals surface area contributed by atoms with Crippen molar-refractivity contribution in [3.63, 3.8) is 0 Å². The molecule has 1 N–H and O–H groups in total. The van der Waals surface area contributed by atoms with Gasteiger partial charge in [0.1, 0.15) is 0 Å². The van der Waals surface area contributed by atoms with Crippen molar-refractivity contribution in [1.29, 1.82) is 0 Å². The van der Waals surface area contributed by atoms with Gasteiger partial charge >= 0.3 is 5.97 Å². The molecule has 0 aliphatic rings. The Morgan fingerprint density at radius 1 is 1.37 bits per heavy atom. The molecule has 1 heterocycles. The standard InChI is InChI=1S/C14H23N3O2/c1-5-11(6-2)17(9-10(3)4)14-15-8-7-12(16-14)13(18)19/h7-8,10-11H,5-6,9H2,1-4H3,(H,18,19). The number of nitrogens with zero attached hydrogens (tertiary/aromatic N) is 3. The number of carboxylic acid groups (broad SMARTS) is 1. The van der Waals surface area contributed by atoms with Gasteiger partial charge < -0.3 is 10.0 Å². The number of hydrogen-bond donors (Lipinski definition) is 1. The van der Waals surface area contributed by atoms with Crippen LogP contribution in [0.1, 0.15) is 51.0 Å². The number of aromatic carboxylic acids is 1. The Kier molecular flexibility index (Phi) is 5.73. The first-order valence-corrected chi connectivity index (χ1v) is 6.82. The second-order valence-corrected chi connectivity index (χ2v) is 5.06. The minimum absolute atomic E-state index is 0.0460. The summed E-state index contributed by atoms with van der Waals surface area (Å²) in [5.74, 6) is -0.0299. The van der Waals surface area contributed by atoms with Crippen LogP contribution in [-0.4, -0.2) is 33.6 Å². The third-order valence-electron chi connectivity index (χ3n) is 3.06. The number of carboxylic acids is 1. The molecule has 0 aliphatic heterocycles. The molecule has 106 valence electrons. The van der Waals surface area contributed by atoms with Gasteiger partial charge in [-0.1, -0.05) is 27.7 Å². The van der Waals surface area contributed by atoms with E-state index in [0.29, 0.717) is 17.9 Å². The molecule has 5 nitrogen and oxygen atoms in total. The third-order valence-corrected chi connectivity index (χ3v) is 3.06. The van der Waals surface area contributed by atoms with Gasteiger partial charge in [0.25, 0.3) is 0 Å². The molecule has 1 aromatic rings. The number of carbonyl (C=O) groups is 1. The van der Waals surface area contributed by atoms with Gasteiger partial charge in [-0.2, -0.15) is 0 Å².